The fourth-order valence-corrected chi connectivity index (χ4v) is 4.90. The van der Waals surface area contributed by atoms with E-state index in [2.05, 4.69) is 44.8 Å². The molecular weight excluding hydrogens is 618 g/mol. The van der Waals surface area contributed by atoms with Crippen LogP contribution in [0.3, 0.4) is 0 Å². The molecule has 0 aliphatic carbocycles. The number of alkyl halides is 3. The van der Waals surface area contributed by atoms with Crippen LogP contribution < -0.4 is 16.1 Å². The van der Waals surface area contributed by atoms with Crippen LogP contribution >= 0.6 is 0 Å². The number of nitrogens with zero attached hydrogens (tertiary/aromatic N) is 4. The summed E-state index contributed by atoms with van der Waals surface area (Å²) in [6.45, 7) is 14.7. The molecule has 256 valence electrons. The molecular formula is C33H43F4N7O3. The van der Waals surface area contributed by atoms with E-state index in [0.29, 0.717) is 29.6 Å². The Morgan fingerprint density at radius 2 is 1.72 bits per heavy atom. The maximum Gasteiger partial charge on any atom is 0.421 e. The second-order valence-electron chi connectivity index (χ2n) is 12.0. The van der Waals surface area contributed by atoms with E-state index in [1.807, 2.05) is 18.9 Å². The van der Waals surface area contributed by atoms with Crippen molar-refractivity contribution in [1.82, 2.24) is 20.7 Å². The van der Waals surface area contributed by atoms with E-state index in [9.17, 15) is 32.3 Å². The van der Waals surface area contributed by atoms with E-state index in [4.69, 9.17) is 0 Å². The number of hydrazone groups is 2. The number of halogens is 4. The van der Waals surface area contributed by atoms with Crippen LogP contribution in [0.4, 0.5) is 23.2 Å². The lowest BCUT2D eigenvalue weighted by atomic mass is 9.94. The third kappa shape index (κ3) is 9.38. The summed E-state index contributed by atoms with van der Waals surface area (Å²) < 4.78 is 54.4. The maximum absolute atomic E-state index is 14.9. The highest BCUT2D eigenvalue weighted by Gasteiger charge is 2.51. The van der Waals surface area contributed by atoms with Crippen molar-refractivity contribution in [2.75, 3.05) is 38.5 Å². The molecule has 1 aliphatic rings. The van der Waals surface area contributed by atoms with Gasteiger partial charge in [0.1, 0.15) is 17.7 Å². The predicted molar refractivity (Wildman–Crippen MR) is 175 cm³/mol. The van der Waals surface area contributed by atoms with Crippen LogP contribution in [0.25, 0.3) is 0 Å². The van der Waals surface area contributed by atoms with Crippen molar-refractivity contribution in [2.24, 2.45) is 16.1 Å². The topological polar surface area (TPSA) is 122 Å². The standard InChI is InChI=1S/C33H43F4N7O3/c1-8-27(42-44-17-9-16-43(7)18-19-44)38-28(20(2)3)31(46)41-40-22(5)25-14-15-26(34)29(21(25)4)39-30(45)23-10-12-24(13-11-23)32(6,47)33(35,36)37/h8,10-15,20,28,47H,1,9,16-19H2,2-7H3,(H,38,42)(H,39,45)(H,41,46)/b40-22+. The molecule has 0 saturated carbocycles. The highest BCUT2D eigenvalue weighted by atomic mass is 19.4. The number of amidine groups is 1. The SMILES string of the molecule is C=C/C(=N\N1CCCN(C)CC1)NC(C(=O)N/N=C(\C)c1ccc(F)c(NC(=O)c2ccc(C(C)(O)C(F)(F)F)cc2)c1C)C(C)C. The Kier molecular flexibility index (Phi) is 12.3. The number of hydrogen-bond acceptors (Lipinski definition) is 7. The Hall–Kier alpha value is -4.30. The Balaban J connectivity index is 1.75. The molecule has 1 heterocycles. The van der Waals surface area contributed by atoms with E-state index < -0.39 is 41.0 Å². The normalized spacial score (nSPS) is 17.1. The maximum atomic E-state index is 14.9. The van der Waals surface area contributed by atoms with Gasteiger partial charge >= 0.3 is 6.18 Å². The van der Waals surface area contributed by atoms with Crippen molar-refractivity contribution in [2.45, 2.75) is 58.9 Å². The average molecular weight is 662 g/mol. The van der Waals surface area contributed by atoms with Crippen molar-refractivity contribution in [3.63, 3.8) is 0 Å². The lowest BCUT2D eigenvalue weighted by Crippen LogP contribution is -2.48. The summed E-state index contributed by atoms with van der Waals surface area (Å²) in [6.07, 6.45) is -2.40. The molecule has 2 amide bonds. The number of benzene rings is 2. The molecule has 1 fully saturated rings. The first-order chi connectivity index (χ1) is 22.0. The summed E-state index contributed by atoms with van der Waals surface area (Å²) in [5.41, 5.74) is -0.124. The van der Waals surface area contributed by atoms with Crippen LogP contribution in [0.15, 0.2) is 59.3 Å². The van der Waals surface area contributed by atoms with Crippen LogP contribution in [-0.4, -0.2) is 83.8 Å². The molecule has 2 atom stereocenters. The van der Waals surface area contributed by atoms with Gasteiger partial charge in [-0.05, 0) is 88.2 Å². The summed E-state index contributed by atoms with van der Waals surface area (Å²) in [5, 5.41) is 26.3. The number of anilines is 1. The molecule has 2 unspecified atom stereocenters. The highest BCUT2D eigenvalue weighted by Crippen LogP contribution is 2.38. The van der Waals surface area contributed by atoms with Gasteiger partial charge in [-0.2, -0.15) is 23.4 Å². The lowest BCUT2D eigenvalue weighted by molar-refractivity contribution is -0.258. The van der Waals surface area contributed by atoms with Gasteiger partial charge in [-0.25, -0.2) is 9.82 Å². The fourth-order valence-electron chi connectivity index (χ4n) is 4.90. The molecule has 0 spiro atoms. The molecule has 14 heteroatoms. The minimum atomic E-state index is -4.92. The summed E-state index contributed by atoms with van der Waals surface area (Å²) in [6, 6.07) is 6.08. The van der Waals surface area contributed by atoms with Gasteiger partial charge < -0.3 is 20.6 Å². The van der Waals surface area contributed by atoms with Gasteiger partial charge in [0.05, 0.1) is 11.4 Å². The second-order valence-corrected chi connectivity index (χ2v) is 12.0. The summed E-state index contributed by atoms with van der Waals surface area (Å²) >= 11 is 0. The molecule has 0 bridgehead atoms. The number of nitrogens with one attached hydrogen (secondary N) is 3. The molecule has 2 aromatic rings. The highest BCUT2D eigenvalue weighted by molar-refractivity contribution is 6.07. The van der Waals surface area contributed by atoms with Gasteiger partial charge in [-0.15, -0.1) is 0 Å². The van der Waals surface area contributed by atoms with Gasteiger partial charge in [0.25, 0.3) is 11.8 Å². The Morgan fingerprint density at radius 1 is 1.06 bits per heavy atom. The predicted octanol–water partition coefficient (Wildman–Crippen LogP) is 4.75. The van der Waals surface area contributed by atoms with Crippen molar-refractivity contribution in [1.29, 1.82) is 0 Å². The third-order valence-electron chi connectivity index (χ3n) is 8.03. The zero-order valence-electron chi connectivity index (χ0n) is 27.5. The van der Waals surface area contributed by atoms with Gasteiger partial charge in [0.15, 0.2) is 5.60 Å². The van der Waals surface area contributed by atoms with E-state index >= 15 is 0 Å². The molecule has 1 aliphatic heterocycles. The zero-order valence-corrected chi connectivity index (χ0v) is 27.5. The largest absolute Gasteiger partial charge is 0.421 e. The van der Waals surface area contributed by atoms with Crippen molar-refractivity contribution < 1.29 is 32.3 Å². The summed E-state index contributed by atoms with van der Waals surface area (Å²) in [5.74, 6) is -1.63. The molecule has 4 N–H and O–H groups in total. The minimum absolute atomic E-state index is 0.0496. The Labute approximate surface area is 272 Å². The van der Waals surface area contributed by atoms with E-state index in [0.717, 1.165) is 62.9 Å². The van der Waals surface area contributed by atoms with Crippen molar-refractivity contribution >= 4 is 29.0 Å². The first-order valence-electron chi connectivity index (χ1n) is 15.2. The number of amides is 2. The van der Waals surface area contributed by atoms with Crippen LogP contribution in [-0.2, 0) is 10.4 Å². The molecule has 1 saturated heterocycles. The smallest absolute Gasteiger partial charge is 0.376 e. The third-order valence-corrected chi connectivity index (χ3v) is 8.03. The second kappa shape index (κ2) is 15.5. The molecule has 2 aromatic carbocycles. The fraction of sp³-hybridized carbons (Fsp3) is 0.455. The number of carbonyl (C=O) groups excluding carboxylic acids is 2. The van der Waals surface area contributed by atoms with Gasteiger partial charge in [0, 0.05) is 30.8 Å². The van der Waals surface area contributed by atoms with Crippen LogP contribution in [0.1, 0.15) is 61.2 Å². The number of likely N-dealkylation sites (N-methyl/N-ethyl adjacent to an activating group) is 1. The number of carbonyl (C=O) groups is 2. The quantitative estimate of drug-likeness (QED) is 0.126. The van der Waals surface area contributed by atoms with Crippen LogP contribution in [0.5, 0.6) is 0 Å². The zero-order chi connectivity index (χ0) is 35.1. The van der Waals surface area contributed by atoms with E-state index in [-0.39, 0.29) is 17.2 Å². The Bertz CT molecular complexity index is 1500. The molecule has 10 nitrogen and oxygen atoms in total. The van der Waals surface area contributed by atoms with Crippen LogP contribution in [0.2, 0.25) is 0 Å². The van der Waals surface area contributed by atoms with E-state index in [1.54, 1.807) is 19.9 Å². The van der Waals surface area contributed by atoms with Crippen molar-refractivity contribution in [3.05, 3.63) is 77.1 Å². The van der Waals surface area contributed by atoms with Gasteiger partial charge in [0.2, 0.25) is 0 Å². The minimum Gasteiger partial charge on any atom is -0.376 e. The van der Waals surface area contributed by atoms with Gasteiger partial charge in [-0.3, -0.25) is 14.6 Å². The average Bonchev–Trinajstić information content (AvgIpc) is 3.22. The van der Waals surface area contributed by atoms with E-state index in [1.165, 1.54) is 6.07 Å². The monoisotopic (exact) mass is 661 g/mol. The number of rotatable bonds is 10. The van der Waals surface area contributed by atoms with Gasteiger partial charge in [-0.1, -0.05) is 32.6 Å². The molecule has 3 rings (SSSR count). The molecule has 0 aromatic heterocycles. The first-order valence-corrected chi connectivity index (χ1v) is 15.2. The first kappa shape index (κ1) is 37.2. The Morgan fingerprint density at radius 3 is 2.32 bits per heavy atom. The summed E-state index contributed by atoms with van der Waals surface area (Å²) in [4.78, 5) is 28.4. The molecule has 47 heavy (non-hydrogen) atoms. The van der Waals surface area contributed by atoms with Crippen molar-refractivity contribution in [3.8, 4) is 0 Å². The lowest BCUT2D eigenvalue weighted by Gasteiger charge is -2.26. The molecule has 0 radical (unpaired) electrons. The summed E-state index contributed by atoms with van der Waals surface area (Å²) in [7, 11) is 2.06. The number of hydrogen-bond donors (Lipinski definition) is 4. The number of aliphatic hydroxyl groups is 1. The van der Waals surface area contributed by atoms with Crippen LogP contribution in [0, 0.1) is 18.7 Å².